The van der Waals surface area contributed by atoms with Crippen molar-refractivity contribution in [2.75, 3.05) is 0 Å². The van der Waals surface area contributed by atoms with Crippen LogP contribution in [0, 0.1) is 12.3 Å². The van der Waals surface area contributed by atoms with Gasteiger partial charge in [-0.3, -0.25) is 0 Å². The van der Waals surface area contributed by atoms with Gasteiger partial charge in [0.2, 0.25) is 0 Å². The van der Waals surface area contributed by atoms with Crippen molar-refractivity contribution >= 4 is 11.8 Å². The highest BCUT2D eigenvalue weighted by molar-refractivity contribution is 8.00. The minimum absolute atomic E-state index is 0.356. The summed E-state index contributed by atoms with van der Waals surface area (Å²) in [6.45, 7) is 6.85. The molecule has 0 aromatic heterocycles. The van der Waals surface area contributed by atoms with Crippen LogP contribution in [0.15, 0.2) is 29.2 Å². The van der Waals surface area contributed by atoms with Gasteiger partial charge in [0.1, 0.15) is 0 Å². The molecule has 17 heavy (non-hydrogen) atoms. The molecule has 0 heterocycles. The molecule has 2 rings (SSSR count). The molecule has 2 heteroatoms. The molecule has 1 aliphatic rings. The summed E-state index contributed by atoms with van der Waals surface area (Å²) in [5.41, 5.74) is 8.04. The first-order valence-electron chi connectivity index (χ1n) is 6.45. The van der Waals surface area contributed by atoms with Gasteiger partial charge in [0.25, 0.3) is 0 Å². The Hall–Kier alpha value is -0.470. The normalized spacial score (nSPS) is 28.0. The molecular formula is C15H23NS. The minimum Gasteiger partial charge on any atom is -0.327 e. The molecule has 2 atom stereocenters. The maximum Gasteiger partial charge on any atom is 0.0251 e. The van der Waals surface area contributed by atoms with Crippen molar-refractivity contribution in [3.05, 3.63) is 29.8 Å². The molecule has 0 amide bonds. The lowest BCUT2D eigenvalue weighted by atomic mass is 9.75. The summed E-state index contributed by atoms with van der Waals surface area (Å²) in [5, 5.41) is 0.571. The van der Waals surface area contributed by atoms with Crippen molar-refractivity contribution in [2.24, 2.45) is 11.1 Å². The van der Waals surface area contributed by atoms with Gasteiger partial charge < -0.3 is 5.73 Å². The average molecular weight is 249 g/mol. The smallest absolute Gasteiger partial charge is 0.0251 e. The number of benzene rings is 1. The molecule has 0 radical (unpaired) electrons. The standard InChI is InChI=1S/C15H23NS/c1-11-4-6-12(7-5-11)17-14-10-15(2,3)9-8-13(14)16/h4-7,13-14H,8-10,16H2,1-3H3. The summed E-state index contributed by atoms with van der Waals surface area (Å²) in [4.78, 5) is 1.36. The second-order valence-corrected chi connectivity index (χ2v) is 7.35. The molecule has 1 aromatic carbocycles. The van der Waals surface area contributed by atoms with Crippen molar-refractivity contribution in [3.8, 4) is 0 Å². The van der Waals surface area contributed by atoms with Gasteiger partial charge in [-0.25, -0.2) is 0 Å². The second-order valence-electron chi connectivity index (χ2n) is 6.04. The predicted octanol–water partition coefficient (Wildman–Crippen LogP) is 3.99. The van der Waals surface area contributed by atoms with Gasteiger partial charge in [-0.1, -0.05) is 31.5 Å². The van der Waals surface area contributed by atoms with Gasteiger partial charge in [-0.05, 0) is 43.7 Å². The number of aryl methyl sites for hydroxylation is 1. The van der Waals surface area contributed by atoms with E-state index in [1.54, 1.807) is 0 Å². The highest BCUT2D eigenvalue weighted by Gasteiger charge is 2.33. The lowest BCUT2D eigenvalue weighted by molar-refractivity contribution is 0.232. The Morgan fingerprint density at radius 2 is 1.88 bits per heavy atom. The van der Waals surface area contributed by atoms with Crippen molar-refractivity contribution in [3.63, 3.8) is 0 Å². The maximum atomic E-state index is 6.26. The van der Waals surface area contributed by atoms with Crippen LogP contribution in [0.3, 0.4) is 0 Å². The molecule has 1 aliphatic carbocycles. The van der Waals surface area contributed by atoms with Gasteiger partial charge in [0, 0.05) is 16.2 Å². The molecule has 2 unspecified atom stereocenters. The Morgan fingerprint density at radius 3 is 2.53 bits per heavy atom. The van der Waals surface area contributed by atoms with Gasteiger partial charge in [-0.15, -0.1) is 11.8 Å². The van der Waals surface area contributed by atoms with Crippen LogP contribution in [0.25, 0.3) is 0 Å². The van der Waals surface area contributed by atoms with Crippen LogP contribution in [0.4, 0.5) is 0 Å². The van der Waals surface area contributed by atoms with Gasteiger partial charge in [0.05, 0.1) is 0 Å². The van der Waals surface area contributed by atoms with Crippen LogP contribution in [0.1, 0.15) is 38.7 Å². The third-order valence-electron chi connectivity index (χ3n) is 3.69. The Labute approximate surface area is 109 Å². The van der Waals surface area contributed by atoms with Crippen LogP contribution < -0.4 is 5.73 Å². The first-order chi connectivity index (χ1) is 7.96. The molecule has 94 valence electrons. The SMILES string of the molecule is Cc1ccc(SC2CC(C)(C)CCC2N)cc1. The fraction of sp³-hybridized carbons (Fsp3) is 0.600. The van der Waals surface area contributed by atoms with E-state index in [4.69, 9.17) is 5.73 Å². The Balaban J connectivity index is 2.04. The summed E-state index contributed by atoms with van der Waals surface area (Å²) in [6, 6.07) is 9.15. The van der Waals surface area contributed by atoms with Gasteiger partial charge >= 0.3 is 0 Å². The highest BCUT2D eigenvalue weighted by atomic mass is 32.2. The van der Waals surface area contributed by atoms with E-state index in [1.165, 1.54) is 23.3 Å². The zero-order valence-electron chi connectivity index (χ0n) is 11.1. The summed E-state index contributed by atoms with van der Waals surface area (Å²) in [5.74, 6) is 0. The van der Waals surface area contributed by atoms with Crippen molar-refractivity contribution in [1.82, 2.24) is 0 Å². The zero-order valence-corrected chi connectivity index (χ0v) is 11.9. The third kappa shape index (κ3) is 3.49. The van der Waals surface area contributed by atoms with E-state index < -0.39 is 0 Å². The average Bonchev–Trinajstić information content (AvgIpc) is 2.26. The first kappa shape index (κ1) is 13.0. The third-order valence-corrected chi connectivity index (χ3v) is 5.06. The number of hydrogen-bond donors (Lipinski definition) is 1. The van der Waals surface area contributed by atoms with Crippen LogP contribution >= 0.6 is 11.8 Å². The molecule has 0 spiro atoms. The summed E-state index contributed by atoms with van der Waals surface area (Å²) in [7, 11) is 0. The molecule has 0 saturated heterocycles. The minimum atomic E-state index is 0.356. The molecule has 0 aliphatic heterocycles. The number of nitrogens with two attached hydrogens (primary N) is 1. The Kier molecular flexibility index (Phi) is 3.84. The first-order valence-corrected chi connectivity index (χ1v) is 7.33. The van der Waals surface area contributed by atoms with E-state index in [1.807, 2.05) is 11.8 Å². The molecule has 1 saturated carbocycles. The maximum absolute atomic E-state index is 6.26. The topological polar surface area (TPSA) is 26.0 Å². The number of hydrogen-bond acceptors (Lipinski definition) is 2. The number of rotatable bonds is 2. The molecule has 1 nitrogen and oxygen atoms in total. The highest BCUT2D eigenvalue weighted by Crippen LogP contribution is 2.41. The fourth-order valence-electron chi connectivity index (χ4n) is 2.46. The summed E-state index contributed by atoms with van der Waals surface area (Å²) < 4.78 is 0. The lowest BCUT2D eigenvalue weighted by Crippen LogP contribution is -2.41. The van der Waals surface area contributed by atoms with E-state index in [-0.39, 0.29) is 0 Å². The van der Waals surface area contributed by atoms with E-state index >= 15 is 0 Å². The van der Waals surface area contributed by atoms with Crippen LogP contribution in [-0.4, -0.2) is 11.3 Å². The Bertz CT molecular complexity index is 369. The van der Waals surface area contributed by atoms with Crippen LogP contribution in [-0.2, 0) is 0 Å². The Morgan fingerprint density at radius 1 is 1.24 bits per heavy atom. The zero-order chi connectivity index (χ0) is 12.5. The number of thioether (sulfide) groups is 1. The van der Waals surface area contributed by atoms with Gasteiger partial charge in [0.15, 0.2) is 0 Å². The second kappa shape index (κ2) is 5.03. The molecular weight excluding hydrogens is 226 g/mol. The van der Waals surface area contributed by atoms with Gasteiger partial charge in [-0.2, -0.15) is 0 Å². The molecule has 1 aromatic rings. The van der Waals surface area contributed by atoms with E-state index in [0.29, 0.717) is 16.7 Å². The summed E-state index contributed by atoms with van der Waals surface area (Å²) in [6.07, 6.45) is 3.66. The van der Waals surface area contributed by atoms with Crippen LogP contribution in [0.2, 0.25) is 0 Å². The monoisotopic (exact) mass is 249 g/mol. The quantitative estimate of drug-likeness (QED) is 0.857. The fourth-order valence-corrected chi connectivity index (χ4v) is 3.95. The van der Waals surface area contributed by atoms with Crippen molar-refractivity contribution in [1.29, 1.82) is 0 Å². The van der Waals surface area contributed by atoms with E-state index in [2.05, 4.69) is 45.0 Å². The van der Waals surface area contributed by atoms with E-state index in [0.717, 1.165) is 6.42 Å². The van der Waals surface area contributed by atoms with Crippen molar-refractivity contribution < 1.29 is 0 Å². The van der Waals surface area contributed by atoms with E-state index in [9.17, 15) is 0 Å². The molecule has 0 bridgehead atoms. The molecule has 2 N–H and O–H groups in total. The van der Waals surface area contributed by atoms with Crippen LogP contribution in [0.5, 0.6) is 0 Å². The molecule has 1 fully saturated rings. The summed E-state index contributed by atoms with van der Waals surface area (Å²) >= 11 is 1.96. The van der Waals surface area contributed by atoms with Crippen molar-refractivity contribution in [2.45, 2.75) is 56.2 Å². The largest absolute Gasteiger partial charge is 0.327 e. The lowest BCUT2D eigenvalue weighted by Gasteiger charge is -2.38. The predicted molar refractivity (Wildman–Crippen MR) is 76.4 cm³/mol.